The van der Waals surface area contributed by atoms with Crippen molar-refractivity contribution < 1.29 is 23.5 Å². The van der Waals surface area contributed by atoms with Gasteiger partial charge in [0.05, 0.1) is 25.2 Å². The minimum atomic E-state index is -0.637. The van der Waals surface area contributed by atoms with E-state index in [4.69, 9.17) is 13.9 Å². The smallest absolute Gasteiger partial charge is 0.205 e. The van der Waals surface area contributed by atoms with Crippen LogP contribution in [0.25, 0.3) is 0 Å². The average Bonchev–Trinajstić information content (AvgIpc) is 3.18. The lowest BCUT2D eigenvalue weighted by Crippen LogP contribution is -2.30. The number of ether oxygens (including phenoxy) is 2. The first-order valence-corrected chi connectivity index (χ1v) is 8.68. The molecule has 1 aromatic heterocycles. The van der Waals surface area contributed by atoms with E-state index in [0.29, 0.717) is 12.4 Å². The lowest BCUT2D eigenvalue weighted by Gasteiger charge is -2.19. The lowest BCUT2D eigenvalue weighted by molar-refractivity contribution is -0.128. The maximum Gasteiger partial charge on any atom is 0.205 e. The second-order valence-electron chi connectivity index (χ2n) is 6.04. The van der Waals surface area contributed by atoms with Crippen molar-refractivity contribution in [1.82, 2.24) is 0 Å². The number of ketones is 2. The molecule has 0 fully saturated rings. The van der Waals surface area contributed by atoms with Crippen LogP contribution in [0.4, 0.5) is 0 Å². The molecule has 1 aromatic rings. The van der Waals surface area contributed by atoms with Crippen LogP contribution in [0, 0.1) is 5.92 Å². The van der Waals surface area contributed by atoms with Gasteiger partial charge in [-0.05, 0) is 32.4 Å². The van der Waals surface area contributed by atoms with Crippen LogP contribution in [-0.4, -0.2) is 24.3 Å². The van der Waals surface area contributed by atoms with E-state index in [9.17, 15) is 9.59 Å². The number of Topliss-reactive ketones (excluding diaryl/α,β-unsaturated/α-hetero) is 2. The molecule has 0 radical (unpaired) electrons. The number of carbonyl (C=O) groups excluding carboxylic acids is 2. The summed E-state index contributed by atoms with van der Waals surface area (Å²) in [5.74, 6) is 0.988. The van der Waals surface area contributed by atoms with Crippen molar-refractivity contribution in [3.8, 4) is 0 Å². The van der Waals surface area contributed by atoms with Crippen molar-refractivity contribution in [3.05, 3.63) is 35.7 Å². The highest BCUT2D eigenvalue weighted by Crippen LogP contribution is 2.36. The summed E-state index contributed by atoms with van der Waals surface area (Å²) in [7, 11) is 0. The molecule has 0 bridgehead atoms. The number of hydrogen-bond acceptors (Lipinski definition) is 5. The molecule has 0 aromatic carbocycles. The first-order valence-electron chi connectivity index (χ1n) is 8.68. The van der Waals surface area contributed by atoms with Crippen LogP contribution in [0.1, 0.15) is 63.4 Å². The third-order valence-electron chi connectivity index (χ3n) is 4.22. The fourth-order valence-electron chi connectivity index (χ4n) is 3.06. The van der Waals surface area contributed by atoms with E-state index in [2.05, 4.69) is 6.92 Å². The zero-order valence-electron chi connectivity index (χ0n) is 14.7. The van der Waals surface area contributed by atoms with Crippen molar-refractivity contribution in [2.75, 3.05) is 6.61 Å². The van der Waals surface area contributed by atoms with Crippen LogP contribution >= 0.6 is 0 Å². The first kappa shape index (κ1) is 18.3. The standard InChI is InChI=1S/C19H26O5/c1-4-6-7-9-14-18(22-5-2)13(3)24-19(14)16(21)12-15(20)17-10-8-11-23-17/h8,10-11,14,19H,4-7,9,12H2,1-3H3/t14-,19-/m1/s1. The zero-order valence-corrected chi connectivity index (χ0v) is 14.7. The third kappa shape index (κ3) is 4.28. The number of rotatable bonds is 10. The molecule has 2 atom stereocenters. The molecule has 0 saturated heterocycles. The molecule has 132 valence electrons. The summed E-state index contributed by atoms with van der Waals surface area (Å²) >= 11 is 0. The van der Waals surface area contributed by atoms with Gasteiger partial charge in [-0.15, -0.1) is 0 Å². The highest BCUT2D eigenvalue weighted by molar-refractivity contribution is 6.08. The summed E-state index contributed by atoms with van der Waals surface area (Å²) in [6.07, 6.45) is 4.61. The number of allylic oxidation sites excluding steroid dienone is 1. The normalized spacial score (nSPS) is 20.1. The Morgan fingerprint density at radius 1 is 1.25 bits per heavy atom. The molecule has 0 spiro atoms. The van der Waals surface area contributed by atoms with Gasteiger partial charge in [-0.2, -0.15) is 0 Å². The van der Waals surface area contributed by atoms with Gasteiger partial charge in [0, 0.05) is 0 Å². The summed E-state index contributed by atoms with van der Waals surface area (Å²) in [5.41, 5.74) is 0. The molecule has 2 rings (SSSR count). The molecule has 5 heteroatoms. The first-order chi connectivity index (χ1) is 11.6. The topological polar surface area (TPSA) is 65.7 Å². The molecule has 0 amide bonds. The zero-order chi connectivity index (χ0) is 17.5. The predicted molar refractivity (Wildman–Crippen MR) is 89.5 cm³/mol. The van der Waals surface area contributed by atoms with E-state index in [1.807, 2.05) is 13.8 Å². The second-order valence-corrected chi connectivity index (χ2v) is 6.04. The maximum absolute atomic E-state index is 12.6. The van der Waals surface area contributed by atoms with E-state index in [1.54, 1.807) is 12.1 Å². The molecule has 0 unspecified atom stereocenters. The van der Waals surface area contributed by atoms with Crippen LogP contribution < -0.4 is 0 Å². The van der Waals surface area contributed by atoms with Gasteiger partial charge >= 0.3 is 0 Å². The van der Waals surface area contributed by atoms with Gasteiger partial charge < -0.3 is 13.9 Å². The van der Waals surface area contributed by atoms with Crippen molar-refractivity contribution in [3.63, 3.8) is 0 Å². The molecule has 5 nitrogen and oxygen atoms in total. The fourth-order valence-corrected chi connectivity index (χ4v) is 3.06. The molecule has 1 aliphatic heterocycles. The van der Waals surface area contributed by atoms with Gasteiger partial charge in [0.2, 0.25) is 5.78 Å². The van der Waals surface area contributed by atoms with Crippen LogP contribution in [0.5, 0.6) is 0 Å². The highest BCUT2D eigenvalue weighted by atomic mass is 16.5. The minimum Gasteiger partial charge on any atom is -0.494 e. The Bertz CT molecular complexity index is 585. The third-order valence-corrected chi connectivity index (χ3v) is 4.22. The van der Waals surface area contributed by atoms with Crippen LogP contribution in [0.3, 0.4) is 0 Å². The monoisotopic (exact) mass is 334 g/mol. The van der Waals surface area contributed by atoms with Crippen molar-refractivity contribution >= 4 is 11.6 Å². The minimum absolute atomic E-state index is 0.103. The van der Waals surface area contributed by atoms with Crippen LogP contribution in [-0.2, 0) is 14.3 Å². The van der Waals surface area contributed by atoms with E-state index in [-0.39, 0.29) is 29.7 Å². The van der Waals surface area contributed by atoms with E-state index >= 15 is 0 Å². The lowest BCUT2D eigenvalue weighted by atomic mass is 9.90. The maximum atomic E-state index is 12.6. The summed E-state index contributed by atoms with van der Waals surface area (Å²) < 4.78 is 16.6. The summed E-state index contributed by atoms with van der Waals surface area (Å²) in [5, 5.41) is 0. The van der Waals surface area contributed by atoms with E-state index in [0.717, 1.165) is 31.4 Å². The quantitative estimate of drug-likeness (QED) is 0.363. The number of carbonyl (C=O) groups is 2. The molecule has 1 aliphatic rings. The summed E-state index contributed by atoms with van der Waals surface area (Å²) in [6, 6.07) is 3.20. The molecule has 24 heavy (non-hydrogen) atoms. The number of hydrogen-bond donors (Lipinski definition) is 0. The molecular weight excluding hydrogens is 308 g/mol. The van der Waals surface area contributed by atoms with E-state index in [1.165, 1.54) is 6.26 Å². The Hall–Kier alpha value is -2.04. The van der Waals surface area contributed by atoms with Crippen molar-refractivity contribution in [2.24, 2.45) is 5.92 Å². The molecule has 0 aliphatic carbocycles. The van der Waals surface area contributed by atoms with E-state index < -0.39 is 6.10 Å². The highest BCUT2D eigenvalue weighted by Gasteiger charge is 2.41. The van der Waals surface area contributed by atoms with Gasteiger partial charge in [-0.25, -0.2) is 0 Å². The Morgan fingerprint density at radius 3 is 2.67 bits per heavy atom. The molecule has 0 N–H and O–H groups in total. The second kappa shape index (κ2) is 8.71. The van der Waals surface area contributed by atoms with Gasteiger partial charge in [-0.1, -0.05) is 26.2 Å². The summed E-state index contributed by atoms with van der Waals surface area (Å²) in [6.45, 7) is 6.41. The van der Waals surface area contributed by atoms with Crippen molar-refractivity contribution in [1.29, 1.82) is 0 Å². The van der Waals surface area contributed by atoms with Gasteiger partial charge in [0.1, 0.15) is 11.5 Å². The Balaban J connectivity index is 2.06. The SMILES string of the molecule is CCCCC[C@@H]1C(OCC)=C(C)O[C@H]1C(=O)CC(=O)c1ccco1. The fraction of sp³-hybridized carbons (Fsp3) is 0.579. The van der Waals surface area contributed by atoms with Crippen LogP contribution in [0.2, 0.25) is 0 Å². The molecule has 2 heterocycles. The summed E-state index contributed by atoms with van der Waals surface area (Å²) in [4.78, 5) is 24.7. The van der Waals surface area contributed by atoms with Crippen LogP contribution in [0.15, 0.2) is 34.3 Å². The number of furan rings is 1. The predicted octanol–water partition coefficient (Wildman–Crippen LogP) is 4.28. The largest absolute Gasteiger partial charge is 0.494 e. The van der Waals surface area contributed by atoms with Crippen molar-refractivity contribution in [2.45, 2.75) is 59.0 Å². The molecule has 0 saturated carbocycles. The van der Waals surface area contributed by atoms with Gasteiger partial charge in [0.25, 0.3) is 0 Å². The molecular formula is C19H26O5. The number of unbranched alkanes of at least 4 members (excludes halogenated alkanes) is 2. The Labute approximate surface area is 143 Å². The Morgan fingerprint density at radius 2 is 2.04 bits per heavy atom. The van der Waals surface area contributed by atoms with Gasteiger partial charge in [-0.3, -0.25) is 9.59 Å². The average molecular weight is 334 g/mol. The van der Waals surface area contributed by atoms with Gasteiger partial charge in [0.15, 0.2) is 17.6 Å². The Kier molecular flexibility index (Phi) is 6.64.